The van der Waals surface area contributed by atoms with Gasteiger partial charge < -0.3 is 9.53 Å². The van der Waals surface area contributed by atoms with Crippen molar-refractivity contribution in [2.45, 2.75) is 71.4 Å². The second-order valence-electron chi connectivity index (χ2n) is 8.00. The van der Waals surface area contributed by atoms with Crippen LogP contribution in [0.3, 0.4) is 0 Å². The standard InChI is InChI=1S/C19H32O3Si/c1-14(22-23(6,7)19(3,4)5)13-17(20)15(2)18(21)16-11-9-8-10-12-16/h8-12,14-15,18,21H,13H2,1-7H3/t14-,15-,18-/m1/s1. The van der Waals surface area contributed by atoms with Gasteiger partial charge in [0.15, 0.2) is 8.32 Å². The number of Topliss-reactive ketones (excluding diaryl/α,β-unsaturated/α-hetero) is 1. The molecule has 0 spiro atoms. The highest BCUT2D eigenvalue weighted by molar-refractivity contribution is 6.74. The van der Waals surface area contributed by atoms with Crippen LogP contribution in [-0.4, -0.2) is 25.3 Å². The third-order valence-electron chi connectivity index (χ3n) is 4.91. The molecule has 1 N–H and O–H groups in total. The topological polar surface area (TPSA) is 46.5 Å². The Bertz CT molecular complexity index is 505. The number of aliphatic hydroxyl groups is 1. The molecule has 0 saturated heterocycles. The average Bonchev–Trinajstić information content (AvgIpc) is 2.44. The number of carbonyl (C=O) groups is 1. The minimum Gasteiger partial charge on any atom is -0.414 e. The molecule has 4 heteroatoms. The summed E-state index contributed by atoms with van der Waals surface area (Å²) in [6.45, 7) is 14.7. The number of benzene rings is 1. The molecule has 0 aliphatic rings. The molecule has 0 aliphatic heterocycles. The largest absolute Gasteiger partial charge is 0.414 e. The molecule has 3 atom stereocenters. The van der Waals surface area contributed by atoms with E-state index in [9.17, 15) is 9.90 Å². The summed E-state index contributed by atoms with van der Waals surface area (Å²) in [6.07, 6.45) is -0.532. The molecule has 0 aliphatic carbocycles. The molecule has 0 aromatic heterocycles. The fraction of sp³-hybridized carbons (Fsp3) is 0.632. The van der Waals surface area contributed by atoms with Crippen molar-refractivity contribution in [1.82, 2.24) is 0 Å². The molecule has 0 amide bonds. The van der Waals surface area contributed by atoms with Gasteiger partial charge in [0, 0.05) is 18.4 Å². The van der Waals surface area contributed by atoms with Crippen LogP contribution in [0.2, 0.25) is 18.1 Å². The number of hydrogen-bond donors (Lipinski definition) is 1. The van der Waals surface area contributed by atoms with Crippen molar-refractivity contribution in [2.75, 3.05) is 0 Å². The van der Waals surface area contributed by atoms with E-state index in [1.165, 1.54) is 0 Å². The molecule has 1 rings (SSSR count). The van der Waals surface area contributed by atoms with Crippen LogP contribution in [0.15, 0.2) is 30.3 Å². The van der Waals surface area contributed by atoms with Gasteiger partial charge in [0.05, 0.1) is 6.10 Å². The lowest BCUT2D eigenvalue weighted by molar-refractivity contribution is -0.127. The quantitative estimate of drug-likeness (QED) is 0.732. The summed E-state index contributed by atoms with van der Waals surface area (Å²) < 4.78 is 6.24. The molecule has 1 aromatic rings. The van der Waals surface area contributed by atoms with Crippen molar-refractivity contribution in [3.05, 3.63) is 35.9 Å². The predicted molar refractivity (Wildman–Crippen MR) is 97.9 cm³/mol. The molecular formula is C19H32O3Si. The van der Waals surface area contributed by atoms with E-state index in [2.05, 4.69) is 33.9 Å². The van der Waals surface area contributed by atoms with E-state index in [1.54, 1.807) is 6.92 Å². The van der Waals surface area contributed by atoms with E-state index < -0.39 is 20.3 Å². The average molecular weight is 337 g/mol. The zero-order valence-corrected chi connectivity index (χ0v) is 16.6. The van der Waals surface area contributed by atoms with Crippen LogP contribution in [0.25, 0.3) is 0 Å². The number of carbonyl (C=O) groups excluding carboxylic acids is 1. The van der Waals surface area contributed by atoms with Crippen LogP contribution in [0.1, 0.15) is 52.7 Å². The Morgan fingerprint density at radius 2 is 1.70 bits per heavy atom. The van der Waals surface area contributed by atoms with E-state index in [1.807, 2.05) is 37.3 Å². The van der Waals surface area contributed by atoms with E-state index in [0.29, 0.717) is 6.42 Å². The lowest BCUT2D eigenvalue weighted by Gasteiger charge is -2.38. The Labute approximate surface area is 142 Å². The van der Waals surface area contributed by atoms with Gasteiger partial charge in [0.2, 0.25) is 0 Å². The van der Waals surface area contributed by atoms with Crippen molar-refractivity contribution >= 4 is 14.1 Å². The molecule has 0 bridgehead atoms. The molecule has 0 radical (unpaired) electrons. The minimum atomic E-state index is -1.88. The van der Waals surface area contributed by atoms with E-state index in [0.717, 1.165) is 5.56 Å². The van der Waals surface area contributed by atoms with E-state index >= 15 is 0 Å². The summed E-state index contributed by atoms with van der Waals surface area (Å²) in [5.74, 6) is -0.379. The van der Waals surface area contributed by atoms with Gasteiger partial charge in [-0.15, -0.1) is 0 Å². The third-order valence-corrected chi connectivity index (χ3v) is 9.52. The maximum atomic E-state index is 12.5. The van der Waals surface area contributed by atoms with Crippen molar-refractivity contribution < 1.29 is 14.3 Å². The van der Waals surface area contributed by atoms with Crippen molar-refractivity contribution in [3.63, 3.8) is 0 Å². The van der Waals surface area contributed by atoms with Crippen molar-refractivity contribution in [1.29, 1.82) is 0 Å². The molecule has 0 unspecified atom stereocenters. The Morgan fingerprint density at radius 1 is 1.17 bits per heavy atom. The van der Waals surface area contributed by atoms with Crippen molar-refractivity contribution in [2.24, 2.45) is 5.92 Å². The van der Waals surface area contributed by atoms with Crippen LogP contribution >= 0.6 is 0 Å². The molecule has 23 heavy (non-hydrogen) atoms. The summed E-state index contributed by atoms with van der Waals surface area (Å²) in [7, 11) is -1.88. The molecule has 3 nitrogen and oxygen atoms in total. The molecule has 0 saturated carbocycles. The van der Waals surface area contributed by atoms with Crippen LogP contribution in [0.5, 0.6) is 0 Å². The van der Waals surface area contributed by atoms with Crippen LogP contribution < -0.4 is 0 Å². The van der Waals surface area contributed by atoms with Crippen LogP contribution in [0, 0.1) is 5.92 Å². The first-order valence-corrected chi connectivity index (χ1v) is 11.3. The van der Waals surface area contributed by atoms with Gasteiger partial charge in [0.25, 0.3) is 0 Å². The van der Waals surface area contributed by atoms with Gasteiger partial charge in [-0.3, -0.25) is 4.79 Å². The molecule has 130 valence electrons. The maximum Gasteiger partial charge on any atom is 0.192 e. The second-order valence-corrected chi connectivity index (χ2v) is 12.8. The number of rotatable bonds is 7. The number of hydrogen-bond acceptors (Lipinski definition) is 3. The zero-order chi connectivity index (χ0) is 17.8. The van der Waals surface area contributed by atoms with Gasteiger partial charge in [-0.25, -0.2) is 0 Å². The van der Waals surface area contributed by atoms with Crippen LogP contribution in [0.4, 0.5) is 0 Å². The van der Waals surface area contributed by atoms with Gasteiger partial charge in [-0.1, -0.05) is 58.0 Å². The van der Waals surface area contributed by atoms with Crippen LogP contribution in [-0.2, 0) is 9.22 Å². The first kappa shape index (κ1) is 20.1. The third kappa shape index (κ3) is 5.55. The van der Waals surface area contributed by atoms with Crippen molar-refractivity contribution in [3.8, 4) is 0 Å². The predicted octanol–water partition coefficient (Wildman–Crippen LogP) is 4.73. The Kier molecular flexibility index (Phi) is 6.75. The fourth-order valence-electron chi connectivity index (χ4n) is 2.31. The Balaban J connectivity index is 2.65. The zero-order valence-electron chi connectivity index (χ0n) is 15.6. The van der Waals surface area contributed by atoms with E-state index in [4.69, 9.17) is 4.43 Å². The van der Waals surface area contributed by atoms with Gasteiger partial charge in [-0.05, 0) is 30.6 Å². The Hall–Kier alpha value is -0.973. The van der Waals surface area contributed by atoms with Gasteiger partial charge >= 0.3 is 0 Å². The normalized spacial score (nSPS) is 16.7. The molecular weight excluding hydrogens is 304 g/mol. The highest BCUT2D eigenvalue weighted by Crippen LogP contribution is 2.37. The lowest BCUT2D eigenvalue weighted by atomic mass is 9.91. The Morgan fingerprint density at radius 3 is 2.17 bits per heavy atom. The summed E-state index contributed by atoms with van der Waals surface area (Å²) in [4.78, 5) is 12.5. The SMILES string of the molecule is C[C@H](CC(=O)[C@@H](C)[C@@H](O)c1ccccc1)O[Si](C)(C)C(C)(C)C. The van der Waals surface area contributed by atoms with Gasteiger partial charge in [0.1, 0.15) is 5.78 Å². The maximum absolute atomic E-state index is 12.5. The number of aliphatic hydroxyl groups excluding tert-OH is 1. The summed E-state index contributed by atoms with van der Waals surface area (Å²) in [6, 6.07) is 9.35. The summed E-state index contributed by atoms with van der Waals surface area (Å²) in [5, 5.41) is 10.5. The monoisotopic (exact) mass is 336 g/mol. The molecule has 1 aromatic carbocycles. The second kappa shape index (κ2) is 7.73. The molecule has 0 heterocycles. The fourth-order valence-corrected chi connectivity index (χ4v) is 3.75. The smallest absolute Gasteiger partial charge is 0.192 e. The van der Waals surface area contributed by atoms with E-state index in [-0.39, 0.29) is 16.9 Å². The molecule has 0 fully saturated rings. The summed E-state index contributed by atoms with van der Waals surface area (Å²) in [5.41, 5.74) is 0.784. The minimum absolute atomic E-state index is 0.0487. The highest BCUT2D eigenvalue weighted by Gasteiger charge is 2.39. The summed E-state index contributed by atoms with van der Waals surface area (Å²) >= 11 is 0. The highest BCUT2D eigenvalue weighted by atomic mass is 28.4. The first-order valence-electron chi connectivity index (χ1n) is 8.39. The first-order chi connectivity index (χ1) is 10.5. The lowest BCUT2D eigenvalue weighted by Crippen LogP contribution is -2.44. The van der Waals surface area contributed by atoms with Gasteiger partial charge in [-0.2, -0.15) is 0 Å². The number of ketones is 1.